The Morgan fingerprint density at radius 3 is 2.83 bits per heavy atom. The van der Waals surface area contributed by atoms with E-state index >= 15 is 0 Å². The van der Waals surface area contributed by atoms with E-state index in [0.29, 0.717) is 4.83 Å². The van der Waals surface area contributed by atoms with Crippen LogP contribution in [-0.2, 0) is 6.42 Å². The highest BCUT2D eigenvalue weighted by atomic mass is 79.9. The van der Waals surface area contributed by atoms with Crippen molar-refractivity contribution in [3.8, 4) is 0 Å². The molecule has 0 nitrogen and oxygen atoms in total. The Morgan fingerprint density at radius 2 is 2.17 bits per heavy atom. The van der Waals surface area contributed by atoms with E-state index in [1.807, 2.05) is 6.07 Å². The van der Waals surface area contributed by atoms with Gasteiger partial charge in [-0.15, -0.1) is 0 Å². The van der Waals surface area contributed by atoms with Gasteiger partial charge in [-0.1, -0.05) is 46.1 Å². The van der Waals surface area contributed by atoms with Crippen molar-refractivity contribution in [3.05, 3.63) is 34.9 Å². The van der Waals surface area contributed by atoms with Crippen LogP contribution in [0.2, 0.25) is 5.02 Å². The Kier molecular flexibility index (Phi) is 4.00. The summed E-state index contributed by atoms with van der Waals surface area (Å²) in [4.78, 5) is 0.611. The van der Waals surface area contributed by atoms with Gasteiger partial charge >= 0.3 is 0 Å². The summed E-state index contributed by atoms with van der Waals surface area (Å²) in [6.45, 7) is 0. The van der Waals surface area contributed by atoms with Crippen LogP contribution < -0.4 is 0 Å². The van der Waals surface area contributed by atoms with Crippen molar-refractivity contribution in [2.45, 2.75) is 43.4 Å². The summed E-state index contributed by atoms with van der Waals surface area (Å²) in [7, 11) is 0. The van der Waals surface area contributed by atoms with Crippen molar-refractivity contribution in [1.82, 2.24) is 0 Å². The summed E-state index contributed by atoms with van der Waals surface area (Å²) in [6, 6.07) is 8.27. The lowest BCUT2D eigenvalue weighted by Gasteiger charge is -2.24. The lowest BCUT2D eigenvalue weighted by atomic mass is 9.85. The second-order valence-electron chi connectivity index (χ2n) is 6.10. The molecule has 1 aromatic rings. The molecule has 2 saturated carbocycles. The summed E-state index contributed by atoms with van der Waals surface area (Å²) in [5, 5.41) is 0.854. The van der Waals surface area contributed by atoms with Crippen LogP contribution in [0.5, 0.6) is 0 Å². The van der Waals surface area contributed by atoms with Crippen LogP contribution in [0, 0.1) is 17.8 Å². The van der Waals surface area contributed by atoms with E-state index in [0.717, 1.165) is 29.2 Å². The number of hydrogen-bond acceptors (Lipinski definition) is 0. The average Bonchev–Trinajstić information content (AvgIpc) is 2.90. The molecule has 0 N–H and O–H groups in total. The second kappa shape index (κ2) is 5.54. The van der Waals surface area contributed by atoms with Crippen LogP contribution >= 0.6 is 27.5 Å². The van der Waals surface area contributed by atoms with E-state index in [4.69, 9.17) is 11.6 Å². The number of alkyl halides is 1. The number of hydrogen-bond donors (Lipinski definition) is 0. The Morgan fingerprint density at radius 1 is 1.28 bits per heavy atom. The molecule has 2 aliphatic rings. The fourth-order valence-corrected chi connectivity index (χ4v) is 5.06. The first-order valence-corrected chi connectivity index (χ1v) is 8.38. The van der Waals surface area contributed by atoms with Gasteiger partial charge in [0.1, 0.15) is 0 Å². The Labute approximate surface area is 123 Å². The minimum atomic E-state index is 0.611. The molecule has 4 atom stereocenters. The highest BCUT2D eigenvalue weighted by molar-refractivity contribution is 9.09. The van der Waals surface area contributed by atoms with Gasteiger partial charge in [0, 0.05) is 9.85 Å². The zero-order valence-corrected chi connectivity index (χ0v) is 13.0. The zero-order chi connectivity index (χ0) is 12.5. The standard InChI is InChI=1S/C16H20BrCl/c17-15(8-11-2-1-3-16(18)9-11)10-14-7-12-4-5-13(14)6-12/h1-3,9,12-15H,4-8,10H2. The molecule has 2 aliphatic carbocycles. The van der Waals surface area contributed by atoms with Crippen molar-refractivity contribution in [1.29, 1.82) is 0 Å². The van der Waals surface area contributed by atoms with Crippen molar-refractivity contribution in [3.63, 3.8) is 0 Å². The molecule has 3 rings (SSSR count). The molecule has 0 amide bonds. The molecule has 0 aliphatic heterocycles. The normalized spacial score (nSPS) is 31.8. The molecule has 1 aromatic carbocycles. The van der Waals surface area contributed by atoms with Crippen molar-refractivity contribution in [2.24, 2.45) is 17.8 Å². The highest BCUT2D eigenvalue weighted by Gasteiger charge is 2.39. The number of benzene rings is 1. The monoisotopic (exact) mass is 326 g/mol. The van der Waals surface area contributed by atoms with Crippen LogP contribution in [0.3, 0.4) is 0 Å². The minimum Gasteiger partial charge on any atom is -0.0887 e. The summed E-state index contributed by atoms with van der Waals surface area (Å²) in [5.41, 5.74) is 1.35. The summed E-state index contributed by atoms with van der Waals surface area (Å²) >= 11 is 9.91. The average molecular weight is 328 g/mol. The maximum absolute atomic E-state index is 6.03. The smallest absolute Gasteiger partial charge is 0.0408 e. The van der Waals surface area contributed by atoms with Crippen molar-refractivity contribution < 1.29 is 0 Å². The first-order chi connectivity index (χ1) is 8.70. The second-order valence-corrected chi connectivity index (χ2v) is 7.83. The fraction of sp³-hybridized carbons (Fsp3) is 0.625. The van der Waals surface area contributed by atoms with Crippen LogP contribution in [0.15, 0.2) is 24.3 Å². The van der Waals surface area contributed by atoms with Crippen LogP contribution in [0.25, 0.3) is 0 Å². The van der Waals surface area contributed by atoms with Gasteiger partial charge in [-0.3, -0.25) is 0 Å². The quantitative estimate of drug-likeness (QED) is 0.643. The maximum Gasteiger partial charge on any atom is 0.0408 e. The highest BCUT2D eigenvalue weighted by Crippen LogP contribution is 2.50. The van der Waals surface area contributed by atoms with Gasteiger partial charge in [-0.25, -0.2) is 0 Å². The number of halogens is 2. The molecule has 98 valence electrons. The minimum absolute atomic E-state index is 0.611. The van der Waals surface area contributed by atoms with E-state index in [2.05, 4.69) is 34.1 Å². The summed E-state index contributed by atoms with van der Waals surface area (Å²) < 4.78 is 0. The first-order valence-electron chi connectivity index (χ1n) is 7.09. The Hall–Kier alpha value is -0.0100. The van der Waals surface area contributed by atoms with E-state index in [1.165, 1.54) is 37.7 Å². The van der Waals surface area contributed by atoms with Gasteiger partial charge in [-0.2, -0.15) is 0 Å². The molecule has 0 spiro atoms. The molecular formula is C16H20BrCl. The molecule has 0 aromatic heterocycles. The summed E-state index contributed by atoms with van der Waals surface area (Å²) in [6.07, 6.45) is 8.45. The number of rotatable bonds is 4. The van der Waals surface area contributed by atoms with Gasteiger partial charge in [0.2, 0.25) is 0 Å². The molecule has 4 unspecified atom stereocenters. The molecule has 0 radical (unpaired) electrons. The van der Waals surface area contributed by atoms with E-state index < -0.39 is 0 Å². The zero-order valence-electron chi connectivity index (χ0n) is 10.6. The predicted molar refractivity (Wildman–Crippen MR) is 81.4 cm³/mol. The van der Waals surface area contributed by atoms with Crippen LogP contribution in [0.1, 0.15) is 37.7 Å². The van der Waals surface area contributed by atoms with Crippen LogP contribution in [-0.4, -0.2) is 4.83 Å². The van der Waals surface area contributed by atoms with E-state index in [9.17, 15) is 0 Å². The topological polar surface area (TPSA) is 0 Å². The lowest BCUT2D eigenvalue weighted by Crippen LogP contribution is -2.16. The Balaban J connectivity index is 1.54. The predicted octanol–water partition coefficient (Wildman–Crippen LogP) is 5.47. The third-order valence-corrected chi connectivity index (χ3v) is 5.72. The van der Waals surface area contributed by atoms with E-state index in [-0.39, 0.29) is 0 Å². The SMILES string of the molecule is Clc1cccc(CC(Br)CC2CC3CCC2C3)c1. The Bertz CT molecular complexity index is 417. The fourth-order valence-electron chi connectivity index (χ4n) is 4.00. The van der Waals surface area contributed by atoms with Crippen LogP contribution in [0.4, 0.5) is 0 Å². The first kappa shape index (κ1) is 13.0. The molecule has 2 heteroatoms. The van der Waals surface area contributed by atoms with Gasteiger partial charge in [0.05, 0.1) is 0 Å². The molecule has 2 bridgehead atoms. The summed E-state index contributed by atoms with van der Waals surface area (Å²) in [5.74, 6) is 3.08. The molecule has 18 heavy (non-hydrogen) atoms. The third kappa shape index (κ3) is 2.93. The lowest BCUT2D eigenvalue weighted by molar-refractivity contribution is 0.313. The van der Waals surface area contributed by atoms with Crippen molar-refractivity contribution >= 4 is 27.5 Å². The van der Waals surface area contributed by atoms with Gasteiger partial charge in [-0.05, 0) is 67.6 Å². The van der Waals surface area contributed by atoms with Gasteiger partial charge in [0.25, 0.3) is 0 Å². The largest absolute Gasteiger partial charge is 0.0887 e. The van der Waals surface area contributed by atoms with Gasteiger partial charge < -0.3 is 0 Å². The molecular weight excluding hydrogens is 308 g/mol. The maximum atomic E-state index is 6.03. The van der Waals surface area contributed by atoms with E-state index in [1.54, 1.807) is 0 Å². The molecule has 0 saturated heterocycles. The van der Waals surface area contributed by atoms with Gasteiger partial charge in [0.15, 0.2) is 0 Å². The molecule has 2 fully saturated rings. The third-order valence-electron chi connectivity index (χ3n) is 4.79. The molecule has 0 heterocycles. The van der Waals surface area contributed by atoms with Crippen molar-refractivity contribution in [2.75, 3.05) is 0 Å². The number of fused-ring (bicyclic) bond motifs is 2.